The van der Waals surface area contributed by atoms with Gasteiger partial charge in [0.25, 0.3) is 0 Å². The maximum Gasteiger partial charge on any atom is 0.159 e. The van der Waals surface area contributed by atoms with Gasteiger partial charge in [0.05, 0.1) is 17.6 Å². The molecule has 0 amide bonds. The third kappa shape index (κ3) is 3.73. The number of hydrogen-bond donors (Lipinski definition) is 2. The van der Waals surface area contributed by atoms with E-state index in [0.29, 0.717) is 17.2 Å². The van der Waals surface area contributed by atoms with Crippen LogP contribution < -0.4 is 5.43 Å². The van der Waals surface area contributed by atoms with E-state index in [0.717, 1.165) is 17.0 Å². The number of phenolic OH excluding ortho intramolecular Hbond substituents is 1. The van der Waals surface area contributed by atoms with Crippen LogP contribution in [0, 0.1) is 6.92 Å². The highest BCUT2D eigenvalue weighted by Crippen LogP contribution is 2.23. The Labute approximate surface area is 162 Å². The Bertz CT molecular complexity index is 1120. The number of aromatic nitrogens is 4. The zero-order chi connectivity index (χ0) is 19.3. The van der Waals surface area contributed by atoms with Crippen molar-refractivity contribution in [3.8, 4) is 22.8 Å². The fourth-order valence-electron chi connectivity index (χ4n) is 2.78. The molecule has 0 aliphatic carbocycles. The lowest BCUT2D eigenvalue weighted by atomic mass is 10.1. The van der Waals surface area contributed by atoms with Gasteiger partial charge in [0, 0.05) is 17.2 Å². The number of anilines is 1. The molecule has 0 unspecified atom stereocenters. The number of aromatic hydroxyl groups is 1. The molecular formula is C21H18N6O. The van der Waals surface area contributed by atoms with Gasteiger partial charge in [-0.2, -0.15) is 10.2 Å². The van der Waals surface area contributed by atoms with Gasteiger partial charge in [-0.3, -0.25) is 5.43 Å². The summed E-state index contributed by atoms with van der Waals surface area (Å²) in [5, 5.41) is 18.5. The summed E-state index contributed by atoms with van der Waals surface area (Å²) in [4.78, 5) is 8.54. The molecule has 0 saturated heterocycles. The number of nitrogens with one attached hydrogen (secondary N) is 1. The number of hydrogen-bond acceptors (Lipinski definition) is 6. The molecule has 0 fully saturated rings. The zero-order valence-electron chi connectivity index (χ0n) is 15.2. The van der Waals surface area contributed by atoms with E-state index in [9.17, 15) is 5.11 Å². The molecule has 138 valence electrons. The van der Waals surface area contributed by atoms with Gasteiger partial charge >= 0.3 is 0 Å². The van der Waals surface area contributed by atoms with Crippen LogP contribution in [0.15, 0.2) is 78.2 Å². The number of nitrogens with zero attached hydrogens (tertiary/aromatic N) is 5. The van der Waals surface area contributed by atoms with E-state index in [4.69, 9.17) is 0 Å². The molecule has 0 spiro atoms. The molecule has 0 radical (unpaired) electrons. The first-order valence-corrected chi connectivity index (χ1v) is 8.72. The molecule has 28 heavy (non-hydrogen) atoms. The summed E-state index contributed by atoms with van der Waals surface area (Å²) >= 11 is 0. The van der Waals surface area contributed by atoms with Crippen molar-refractivity contribution < 1.29 is 5.11 Å². The second kappa shape index (κ2) is 7.71. The van der Waals surface area contributed by atoms with Crippen molar-refractivity contribution in [3.63, 3.8) is 0 Å². The fourth-order valence-corrected chi connectivity index (χ4v) is 2.78. The molecule has 4 aromatic rings. The normalized spacial score (nSPS) is 11.0. The molecule has 2 N–H and O–H groups in total. The van der Waals surface area contributed by atoms with Crippen LogP contribution in [0.25, 0.3) is 17.1 Å². The number of aryl methyl sites for hydroxylation is 1. The number of para-hydroxylation sites is 1. The van der Waals surface area contributed by atoms with Gasteiger partial charge < -0.3 is 5.11 Å². The highest BCUT2D eigenvalue weighted by Gasteiger charge is 2.11. The molecule has 2 aromatic carbocycles. The fraction of sp³-hybridized carbons (Fsp3) is 0.0476. The standard InChI is InChI=1S/C21H18N6O/c1-15-11-18(16-7-3-2-4-8-16)27(26-15)21-12-20(22-14-23-21)25-24-13-17-9-5-6-10-19(17)28/h2-14,28H,1H3,(H,22,23,25)/b24-13+. The van der Waals surface area contributed by atoms with Crippen molar-refractivity contribution in [1.29, 1.82) is 0 Å². The van der Waals surface area contributed by atoms with Crippen LogP contribution in [0.1, 0.15) is 11.3 Å². The molecule has 0 atom stereocenters. The summed E-state index contributed by atoms with van der Waals surface area (Å²) in [5.41, 5.74) is 6.36. The molecule has 0 saturated carbocycles. The van der Waals surface area contributed by atoms with E-state index in [2.05, 4.69) is 25.6 Å². The lowest BCUT2D eigenvalue weighted by molar-refractivity contribution is 0.474. The van der Waals surface area contributed by atoms with E-state index in [-0.39, 0.29) is 5.75 Å². The molecule has 4 rings (SSSR count). The van der Waals surface area contributed by atoms with Crippen LogP contribution in [0.2, 0.25) is 0 Å². The van der Waals surface area contributed by atoms with Crippen LogP contribution in [-0.4, -0.2) is 31.1 Å². The van der Waals surface area contributed by atoms with Crippen molar-refractivity contribution in [2.24, 2.45) is 5.10 Å². The maximum absolute atomic E-state index is 9.79. The van der Waals surface area contributed by atoms with E-state index >= 15 is 0 Å². The minimum absolute atomic E-state index is 0.163. The van der Waals surface area contributed by atoms with Crippen LogP contribution >= 0.6 is 0 Å². The summed E-state index contributed by atoms with van der Waals surface area (Å²) in [5.74, 6) is 1.31. The minimum atomic E-state index is 0.163. The van der Waals surface area contributed by atoms with Crippen LogP contribution in [-0.2, 0) is 0 Å². The Kier molecular flexibility index (Phi) is 4.79. The average molecular weight is 370 g/mol. The molecule has 0 bridgehead atoms. The molecule has 2 aromatic heterocycles. The first kappa shape index (κ1) is 17.4. The van der Waals surface area contributed by atoms with Gasteiger partial charge in [-0.05, 0) is 25.1 Å². The molecule has 7 nitrogen and oxygen atoms in total. The molecule has 2 heterocycles. The van der Waals surface area contributed by atoms with Gasteiger partial charge in [0.2, 0.25) is 0 Å². The topological polar surface area (TPSA) is 88.2 Å². The summed E-state index contributed by atoms with van der Waals surface area (Å²) in [6.07, 6.45) is 2.99. The number of benzene rings is 2. The Balaban J connectivity index is 1.61. The first-order valence-electron chi connectivity index (χ1n) is 8.72. The van der Waals surface area contributed by atoms with E-state index in [1.165, 1.54) is 12.5 Å². The average Bonchev–Trinajstić information content (AvgIpc) is 3.12. The number of phenols is 1. The van der Waals surface area contributed by atoms with Gasteiger partial charge in [-0.1, -0.05) is 42.5 Å². The van der Waals surface area contributed by atoms with Crippen molar-refractivity contribution >= 4 is 12.0 Å². The van der Waals surface area contributed by atoms with Crippen LogP contribution in [0.5, 0.6) is 5.75 Å². The van der Waals surface area contributed by atoms with Crippen molar-refractivity contribution in [2.45, 2.75) is 6.92 Å². The Hall–Kier alpha value is -4.00. The SMILES string of the molecule is Cc1cc(-c2ccccc2)n(-c2cc(N/N=C/c3ccccc3O)ncn2)n1. The van der Waals surface area contributed by atoms with Gasteiger partial charge in [-0.15, -0.1) is 0 Å². The quantitative estimate of drug-likeness (QED) is 0.412. The van der Waals surface area contributed by atoms with E-state index in [1.807, 2.05) is 49.4 Å². The monoisotopic (exact) mass is 370 g/mol. The van der Waals surface area contributed by atoms with Crippen molar-refractivity contribution in [3.05, 3.63) is 84.3 Å². The predicted octanol–water partition coefficient (Wildman–Crippen LogP) is 3.79. The second-order valence-electron chi connectivity index (χ2n) is 6.14. The van der Waals surface area contributed by atoms with Crippen molar-refractivity contribution in [2.75, 3.05) is 5.43 Å². The molecule has 7 heteroatoms. The van der Waals surface area contributed by atoms with Crippen LogP contribution in [0.4, 0.5) is 5.82 Å². The summed E-state index contributed by atoms with van der Waals surface area (Å²) in [6.45, 7) is 1.94. The highest BCUT2D eigenvalue weighted by molar-refractivity contribution is 5.83. The maximum atomic E-state index is 9.79. The number of hydrazone groups is 1. The molecular weight excluding hydrogens is 352 g/mol. The summed E-state index contributed by atoms with van der Waals surface area (Å²) in [6, 6.07) is 20.8. The lowest BCUT2D eigenvalue weighted by Crippen LogP contribution is -2.04. The van der Waals surface area contributed by atoms with E-state index < -0.39 is 0 Å². The smallest absolute Gasteiger partial charge is 0.159 e. The lowest BCUT2D eigenvalue weighted by Gasteiger charge is -2.08. The molecule has 0 aliphatic heterocycles. The van der Waals surface area contributed by atoms with E-state index in [1.54, 1.807) is 28.9 Å². The second-order valence-corrected chi connectivity index (χ2v) is 6.14. The summed E-state index contributed by atoms with van der Waals surface area (Å²) < 4.78 is 1.78. The third-order valence-electron chi connectivity index (χ3n) is 4.09. The Morgan fingerprint density at radius 3 is 2.61 bits per heavy atom. The van der Waals surface area contributed by atoms with Crippen LogP contribution in [0.3, 0.4) is 0 Å². The minimum Gasteiger partial charge on any atom is -0.507 e. The predicted molar refractivity (Wildman–Crippen MR) is 109 cm³/mol. The Morgan fingerprint density at radius 1 is 1.00 bits per heavy atom. The van der Waals surface area contributed by atoms with Gasteiger partial charge in [0.1, 0.15) is 12.1 Å². The van der Waals surface area contributed by atoms with Gasteiger partial charge in [0.15, 0.2) is 11.6 Å². The Morgan fingerprint density at radius 2 is 1.79 bits per heavy atom. The third-order valence-corrected chi connectivity index (χ3v) is 4.09. The zero-order valence-corrected chi connectivity index (χ0v) is 15.2. The molecule has 0 aliphatic rings. The highest BCUT2D eigenvalue weighted by atomic mass is 16.3. The van der Waals surface area contributed by atoms with Gasteiger partial charge in [-0.25, -0.2) is 14.6 Å². The summed E-state index contributed by atoms with van der Waals surface area (Å²) in [7, 11) is 0. The first-order chi connectivity index (χ1) is 13.7. The largest absolute Gasteiger partial charge is 0.507 e. The number of rotatable bonds is 5. The van der Waals surface area contributed by atoms with Crippen molar-refractivity contribution in [1.82, 2.24) is 19.7 Å².